The van der Waals surface area contributed by atoms with Crippen LogP contribution in [0.5, 0.6) is 0 Å². The van der Waals surface area contributed by atoms with E-state index in [9.17, 15) is 0 Å². The maximum Gasteiger partial charge on any atom is 0.0687 e. The van der Waals surface area contributed by atoms with Gasteiger partial charge < -0.3 is 4.74 Å². The summed E-state index contributed by atoms with van der Waals surface area (Å²) in [6, 6.07) is 0. The predicted molar refractivity (Wildman–Crippen MR) is 63.4 cm³/mol. The molecule has 82 valence electrons. The van der Waals surface area contributed by atoms with E-state index in [4.69, 9.17) is 16.3 Å². The van der Waals surface area contributed by atoms with Crippen LogP contribution in [-0.4, -0.2) is 29.1 Å². The first kappa shape index (κ1) is 11.1. The van der Waals surface area contributed by atoms with Gasteiger partial charge in [0.05, 0.1) is 11.7 Å². The van der Waals surface area contributed by atoms with Gasteiger partial charge in [-0.2, -0.15) is 11.8 Å². The van der Waals surface area contributed by atoms with Gasteiger partial charge in [-0.25, -0.2) is 0 Å². The molecular formula is C11H19ClOS. The van der Waals surface area contributed by atoms with Crippen molar-refractivity contribution >= 4 is 23.4 Å². The Kier molecular flexibility index (Phi) is 4.03. The molecule has 1 saturated carbocycles. The van der Waals surface area contributed by atoms with E-state index in [0.29, 0.717) is 11.7 Å². The van der Waals surface area contributed by atoms with Gasteiger partial charge in [-0.1, -0.05) is 12.8 Å². The lowest BCUT2D eigenvalue weighted by Gasteiger charge is -2.23. The van der Waals surface area contributed by atoms with E-state index in [0.717, 1.165) is 17.4 Å². The summed E-state index contributed by atoms with van der Waals surface area (Å²) in [5, 5.41) is 0. The Hall–Kier alpha value is 0.600. The molecule has 0 aromatic rings. The molecule has 3 heteroatoms. The van der Waals surface area contributed by atoms with Crippen molar-refractivity contribution in [3.63, 3.8) is 0 Å². The molecule has 1 nitrogen and oxygen atoms in total. The molecule has 1 heterocycles. The number of rotatable bonds is 4. The number of halogens is 1. The maximum atomic E-state index is 6.19. The van der Waals surface area contributed by atoms with E-state index in [1.807, 2.05) is 11.8 Å². The van der Waals surface area contributed by atoms with Gasteiger partial charge in [0.2, 0.25) is 0 Å². The minimum Gasteiger partial charge on any atom is -0.371 e. The molecule has 1 aliphatic carbocycles. The molecule has 14 heavy (non-hydrogen) atoms. The van der Waals surface area contributed by atoms with Crippen LogP contribution in [0.3, 0.4) is 0 Å². The molecule has 0 radical (unpaired) electrons. The first-order valence-corrected chi connectivity index (χ1v) is 7.35. The average molecular weight is 235 g/mol. The van der Waals surface area contributed by atoms with E-state index >= 15 is 0 Å². The fraction of sp³-hybridized carbons (Fsp3) is 1.00. The standard InChI is InChI=1S/C11H19ClOS/c12-7-8-14-9-10-3-6-11(13-10)4-1-2-5-11/h10H,1-9H2. The largest absolute Gasteiger partial charge is 0.371 e. The summed E-state index contributed by atoms with van der Waals surface area (Å²) in [5.41, 5.74) is 0.312. The Morgan fingerprint density at radius 3 is 2.79 bits per heavy atom. The molecule has 0 aromatic carbocycles. The highest BCUT2D eigenvalue weighted by Gasteiger charge is 2.41. The first-order chi connectivity index (χ1) is 6.85. The molecular weight excluding hydrogens is 216 g/mol. The van der Waals surface area contributed by atoms with E-state index in [1.54, 1.807) is 0 Å². The van der Waals surface area contributed by atoms with Gasteiger partial charge in [0, 0.05) is 17.4 Å². The molecule has 0 bridgehead atoms. The summed E-state index contributed by atoms with van der Waals surface area (Å²) in [4.78, 5) is 0. The molecule has 1 atom stereocenters. The molecule has 0 amide bonds. The summed E-state index contributed by atoms with van der Waals surface area (Å²) in [6.07, 6.45) is 8.46. The first-order valence-electron chi connectivity index (χ1n) is 5.66. The van der Waals surface area contributed by atoms with Gasteiger partial charge in [-0.3, -0.25) is 0 Å². The molecule has 1 spiro atoms. The zero-order chi connectivity index (χ0) is 9.86. The normalized spacial score (nSPS) is 30.2. The van der Waals surface area contributed by atoms with Gasteiger partial charge in [0.1, 0.15) is 0 Å². The third kappa shape index (κ3) is 2.59. The molecule has 2 rings (SSSR count). The van der Waals surface area contributed by atoms with Crippen LogP contribution in [0.2, 0.25) is 0 Å². The SMILES string of the molecule is ClCCSCC1CCC2(CCCC2)O1. The highest BCUT2D eigenvalue weighted by atomic mass is 35.5. The Labute approximate surface area is 95.9 Å². The van der Waals surface area contributed by atoms with E-state index < -0.39 is 0 Å². The van der Waals surface area contributed by atoms with Gasteiger partial charge in [-0.05, 0) is 25.7 Å². The number of alkyl halides is 1. The van der Waals surface area contributed by atoms with Gasteiger partial charge >= 0.3 is 0 Å². The second kappa shape index (κ2) is 5.09. The minimum atomic E-state index is 0.312. The van der Waals surface area contributed by atoms with Crippen LogP contribution in [0, 0.1) is 0 Å². The summed E-state index contributed by atoms with van der Waals surface area (Å²) >= 11 is 7.58. The smallest absolute Gasteiger partial charge is 0.0687 e. The molecule has 1 aliphatic heterocycles. The molecule has 1 unspecified atom stereocenters. The van der Waals surface area contributed by atoms with Crippen molar-refractivity contribution in [1.82, 2.24) is 0 Å². The van der Waals surface area contributed by atoms with E-state index in [2.05, 4.69) is 0 Å². The van der Waals surface area contributed by atoms with Crippen molar-refractivity contribution in [1.29, 1.82) is 0 Å². The monoisotopic (exact) mass is 234 g/mol. The van der Waals surface area contributed by atoms with Gasteiger partial charge in [0.15, 0.2) is 0 Å². The maximum absolute atomic E-state index is 6.19. The van der Waals surface area contributed by atoms with Crippen molar-refractivity contribution in [2.45, 2.75) is 50.2 Å². The van der Waals surface area contributed by atoms with Crippen LogP contribution in [0.25, 0.3) is 0 Å². The summed E-state index contributed by atoms with van der Waals surface area (Å²) in [6.45, 7) is 0. The molecule has 2 aliphatic rings. The molecule has 0 aromatic heterocycles. The fourth-order valence-corrected chi connectivity index (χ4v) is 3.77. The van der Waals surface area contributed by atoms with Crippen LogP contribution in [-0.2, 0) is 4.74 Å². The highest BCUT2D eigenvalue weighted by molar-refractivity contribution is 7.99. The van der Waals surface area contributed by atoms with Gasteiger partial charge in [0.25, 0.3) is 0 Å². The number of thioether (sulfide) groups is 1. The quantitative estimate of drug-likeness (QED) is 0.544. The Balaban J connectivity index is 1.71. The minimum absolute atomic E-state index is 0.312. The van der Waals surface area contributed by atoms with Gasteiger partial charge in [-0.15, -0.1) is 11.6 Å². The Morgan fingerprint density at radius 2 is 2.07 bits per heavy atom. The summed E-state index contributed by atoms with van der Waals surface area (Å²) < 4.78 is 6.19. The lowest BCUT2D eigenvalue weighted by molar-refractivity contribution is -0.0267. The third-order valence-corrected chi connectivity index (χ3v) is 4.89. The van der Waals surface area contributed by atoms with Crippen molar-refractivity contribution < 1.29 is 4.74 Å². The molecule has 2 fully saturated rings. The van der Waals surface area contributed by atoms with E-state index in [-0.39, 0.29) is 0 Å². The van der Waals surface area contributed by atoms with Crippen LogP contribution in [0.1, 0.15) is 38.5 Å². The Morgan fingerprint density at radius 1 is 1.29 bits per heavy atom. The van der Waals surface area contributed by atoms with Crippen LogP contribution in [0.15, 0.2) is 0 Å². The Bertz CT molecular complexity index is 180. The van der Waals surface area contributed by atoms with Crippen molar-refractivity contribution in [3.05, 3.63) is 0 Å². The molecule has 0 N–H and O–H groups in total. The van der Waals surface area contributed by atoms with Crippen LogP contribution in [0.4, 0.5) is 0 Å². The van der Waals surface area contributed by atoms with Crippen molar-refractivity contribution in [2.24, 2.45) is 0 Å². The number of hydrogen-bond donors (Lipinski definition) is 0. The predicted octanol–water partition coefficient (Wildman–Crippen LogP) is 3.45. The zero-order valence-corrected chi connectivity index (χ0v) is 10.2. The second-order valence-corrected chi connectivity index (χ2v) is 5.96. The second-order valence-electron chi connectivity index (χ2n) is 4.43. The molecule has 1 saturated heterocycles. The summed E-state index contributed by atoms with van der Waals surface area (Å²) in [7, 11) is 0. The highest BCUT2D eigenvalue weighted by Crippen LogP contribution is 2.43. The number of hydrogen-bond acceptors (Lipinski definition) is 2. The van der Waals surface area contributed by atoms with Crippen LogP contribution < -0.4 is 0 Å². The van der Waals surface area contributed by atoms with Crippen LogP contribution >= 0.6 is 23.4 Å². The topological polar surface area (TPSA) is 9.23 Å². The lowest BCUT2D eigenvalue weighted by Crippen LogP contribution is -2.25. The van der Waals surface area contributed by atoms with E-state index in [1.165, 1.54) is 38.5 Å². The summed E-state index contributed by atoms with van der Waals surface area (Å²) in [5.74, 6) is 2.98. The zero-order valence-electron chi connectivity index (χ0n) is 8.64. The van der Waals surface area contributed by atoms with Crippen molar-refractivity contribution in [3.8, 4) is 0 Å². The third-order valence-electron chi connectivity index (χ3n) is 3.38. The number of ether oxygens (including phenoxy) is 1. The average Bonchev–Trinajstić information content (AvgIpc) is 2.79. The fourth-order valence-electron chi connectivity index (χ4n) is 2.67. The lowest BCUT2D eigenvalue weighted by atomic mass is 9.98. The van der Waals surface area contributed by atoms with Crippen molar-refractivity contribution in [2.75, 3.05) is 17.4 Å².